The number of ether oxygens (including phenoxy) is 2. The number of halogens is 1. The molecule has 1 aliphatic rings. The number of hydrogen-bond acceptors (Lipinski definition) is 5. The van der Waals surface area contributed by atoms with E-state index in [0.717, 1.165) is 0 Å². The molecule has 3 aromatic rings. The van der Waals surface area contributed by atoms with Crippen LogP contribution in [-0.4, -0.2) is 31.4 Å². The van der Waals surface area contributed by atoms with Crippen LogP contribution in [0.15, 0.2) is 85.0 Å². The summed E-state index contributed by atoms with van der Waals surface area (Å²) in [6.45, 7) is 3.44. The van der Waals surface area contributed by atoms with Gasteiger partial charge in [0, 0.05) is 11.3 Å². The van der Waals surface area contributed by atoms with Gasteiger partial charge in [-0.25, -0.2) is 9.40 Å². The number of anilines is 2. The highest BCUT2D eigenvalue weighted by Crippen LogP contribution is 2.35. The summed E-state index contributed by atoms with van der Waals surface area (Å²) in [5, 5.41) is 3.82. The highest BCUT2D eigenvalue weighted by molar-refractivity contribution is 6.31. The van der Waals surface area contributed by atoms with E-state index in [1.165, 1.54) is 42.5 Å². The van der Waals surface area contributed by atoms with Crippen molar-refractivity contribution in [3.05, 3.63) is 102 Å². The zero-order valence-electron chi connectivity index (χ0n) is 20.0. The Morgan fingerprint density at radius 2 is 1.84 bits per heavy atom. The fourth-order valence-electron chi connectivity index (χ4n) is 3.74. The molecule has 1 fully saturated rings. The Bertz CT molecular complexity index is 1370. The first-order chi connectivity index (χ1) is 17.9. The Balaban J connectivity index is 1.56. The average Bonchev–Trinajstić information content (AvgIpc) is 3.18. The molecule has 4 rings (SSSR count). The molecule has 0 unspecified atom stereocenters. The second-order valence-corrected chi connectivity index (χ2v) is 8.02. The van der Waals surface area contributed by atoms with E-state index in [1.807, 2.05) is 6.07 Å². The summed E-state index contributed by atoms with van der Waals surface area (Å²) < 4.78 is 24.4. The van der Waals surface area contributed by atoms with Crippen LogP contribution in [0.1, 0.15) is 11.1 Å². The van der Waals surface area contributed by atoms with Crippen LogP contribution >= 0.6 is 0 Å². The fraction of sp³-hybridized carbons (Fsp3) is 0.107. The largest absolute Gasteiger partial charge is 0.493 e. The van der Waals surface area contributed by atoms with Gasteiger partial charge < -0.3 is 14.8 Å². The van der Waals surface area contributed by atoms with Crippen molar-refractivity contribution in [3.8, 4) is 11.5 Å². The zero-order chi connectivity index (χ0) is 26.4. The molecule has 0 saturated carbocycles. The van der Waals surface area contributed by atoms with E-state index in [1.54, 1.807) is 42.5 Å². The summed E-state index contributed by atoms with van der Waals surface area (Å²) in [6.07, 6.45) is 3.50. The summed E-state index contributed by atoms with van der Waals surface area (Å²) in [4.78, 5) is 37.9. The number of nitrogens with zero attached hydrogens (tertiary/aromatic N) is 1. The van der Waals surface area contributed by atoms with Gasteiger partial charge in [-0.1, -0.05) is 24.3 Å². The van der Waals surface area contributed by atoms with Crippen molar-refractivity contribution in [2.75, 3.05) is 24.0 Å². The summed E-state index contributed by atoms with van der Waals surface area (Å²) in [5.41, 5.74) is 4.67. The highest BCUT2D eigenvalue weighted by atomic mass is 19.1. The third-order valence-corrected chi connectivity index (χ3v) is 5.43. The normalized spacial score (nSPS) is 13.9. The molecule has 0 atom stereocenters. The Hall–Kier alpha value is -4.92. The van der Waals surface area contributed by atoms with Gasteiger partial charge >= 0.3 is 0 Å². The minimum Gasteiger partial charge on any atom is -0.493 e. The number of hydrazine groups is 1. The van der Waals surface area contributed by atoms with Gasteiger partial charge in [0.15, 0.2) is 18.1 Å². The molecule has 0 aromatic heterocycles. The van der Waals surface area contributed by atoms with Crippen LogP contribution in [0.25, 0.3) is 6.08 Å². The predicted molar refractivity (Wildman–Crippen MR) is 137 cm³/mol. The van der Waals surface area contributed by atoms with Crippen molar-refractivity contribution < 1.29 is 28.2 Å². The molecule has 3 amide bonds. The maximum absolute atomic E-state index is 13.1. The number of allylic oxidation sites excluding steroid dienone is 1. The maximum Gasteiger partial charge on any atom is 0.282 e. The van der Waals surface area contributed by atoms with Gasteiger partial charge in [-0.15, -0.1) is 6.58 Å². The second-order valence-electron chi connectivity index (χ2n) is 8.02. The molecule has 0 aliphatic carbocycles. The molecule has 8 nitrogen and oxygen atoms in total. The van der Waals surface area contributed by atoms with E-state index in [2.05, 4.69) is 17.3 Å². The molecule has 1 saturated heterocycles. The number of nitrogens with one attached hydrogen (secondary N) is 2. The van der Waals surface area contributed by atoms with Gasteiger partial charge in [0.2, 0.25) is 0 Å². The molecule has 1 heterocycles. The number of amides is 3. The lowest BCUT2D eigenvalue weighted by Crippen LogP contribution is -2.35. The third-order valence-electron chi connectivity index (χ3n) is 5.43. The van der Waals surface area contributed by atoms with Gasteiger partial charge in [-0.05, 0) is 66.6 Å². The summed E-state index contributed by atoms with van der Waals surface area (Å²) in [7, 11) is 1.44. The van der Waals surface area contributed by atoms with E-state index < -0.39 is 23.5 Å². The number of hydrogen-bond donors (Lipinski definition) is 2. The van der Waals surface area contributed by atoms with Crippen LogP contribution in [0.5, 0.6) is 11.5 Å². The van der Waals surface area contributed by atoms with Gasteiger partial charge in [-0.2, -0.15) is 0 Å². The smallest absolute Gasteiger partial charge is 0.282 e. The zero-order valence-corrected chi connectivity index (χ0v) is 20.0. The van der Waals surface area contributed by atoms with E-state index >= 15 is 0 Å². The standard InChI is InChI=1S/C28H24FN3O5/c1-3-7-19-14-18(15-23-27(34)31-32(28(23)35)22-8-5-4-6-9-22)16-24(36-2)26(19)37-17-25(33)30-21-12-10-20(29)11-13-21/h3-6,8-16H,1,7,17H2,2H3,(H,30,33)(H,31,34)/b23-15-. The van der Waals surface area contributed by atoms with Crippen molar-refractivity contribution in [1.82, 2.24) is 5.43 Å². The van der Waals surface area contributed by atoms with Crippen molar-refractivity contribution in [1.29, 1.82) is 0 Å². The Labute approximate surface area is 213 Å². The molecule has 0 radical (unpaired) electrons. The van der Waals surface area contributed by atoms with Crippen molar-refractivity contribution in [3.63, 3.8) is 0 Å². The number of carbonyl (C=O) groups excluding carboxylic acids is 3. The maximum atomic E-state index is 13.1. The van der Waals surface area contributed by atoms with Gasteiger partial charge in [-0.3, -0.25) is 19.8 Å². The van der Waals surface area contributed by atoms with Crippen LogP contribution in [-0.2, 0) is 20.8 Å². The van der Waals surface area contributed by atoms with E-state index in [0.29, 0.717) is 40.4 Å². The topological polar surface area (TPSA) is 97.0 Å². The first kappa shape index (κ1) is 25.2. The fourth-order valence-corrected chi connectivity index (χ4v) is 3.74. The van der Waals surface area contributed by atoms with Crippen LogP contribution < -0.4 is 25.2 Å². The molecule has 0 spiro atoms. The minimum absolute atomic E-state index is 0.0391. The molecule has 188 valence electrons. The minimum atomic E-state index is -0.532. The van der Waals surface area contributed by atoms with E-state index in [9.17, 15) is 18.8 Å². The molecule has 3 aromatic carbocycles. The van der Waals surface area contributed by atoms with Gasteiger partial charge in [0.1, 0.15) is 11.4 Å². The molecule has 37 heavy (non-hydrogen) atoms. The Morgan fingerprint density at radius 1 is 1.11 bits per heavy atom. The Kier molecular flexibility index (Phi) is 7.63. The average molecular weight is 502 g/mol. The molecule has 2 N–H and O–H groups in total. The number of methoxy groups -OCH3 is 1. The van der Waals surface area contributed by atoms with Gasteiger partial charge in [0.25, 0.3) is 17.7 Å². The molecule has 9 heteroatoms. The van der Waals surface area contributed by atoms with Crippen LogP contribution in [0.4, 0.5) is 15.8 Å². The van der Waals surface area contributed by atoms with Crippen molar-refractivity contribution in [2.45, 2.75) is 6.42 Å². The number of para-hydroxylation sites is 1. The number of rotatable bonds is 9. The van der Waals surface area contributed by atoms with Crippen molar-refractivity contribution in [2.24, 2.45) is 0 Å². The van der Waals surface area contributed by atoms with Crippen LogP contribution in [0.3, 0.4) is 0 Å². The lowest BCUT2D eigenvalue weighted by Gasteiger charge is -2.16. The number of carbonyl (C=O) groups is 3. The molecule has 1 aliphatic heterocycles. The molecule has 0 bridgehead atoms. The number of benzene rings is 3. The lowest BCUT2D eigenvalue weighted by atomic mass is 10.0. The summed E-state index contributed by atoms with van der Waals surface area (Å²) >= 11 is 0. The highest BCUT2D eigenvalue weighted by Gasteiger charge is 2.34. The quantitative estimate of drug-likeness (QED) is 0.262. The van der Waals surface area contributed by atoms with E-state index in [4.69, 9.17) is 9.47 Å². The monoisotopic (exact) mass is 501 g/mol. The second kappa shape index (κ2) is 11.2. The summed E-state index contributed by atoms with van der Waals surface area (Å²) in [5.74, 6) is -1.24. The van der Waals surface area contributed by atoms with Gasteiger partial charge in [0.05, 0.1) is 12.8 Å². The first-order valence-electron chi connectivity index (χ1n) is 11.3. The SMILES string of the molecule is C=CCc1cc(/C=C2/C(=O)NN(c3ccccc3)C2=O)cc(OC)c1OCC(=O)Nc1ccc(F)cc1. The predicted octanol–water partition coefficient (Wildman–Crippen LogP) is 4.04. The molecular weight excluding hydrogens is 477 g/mol. The first-order valence-corrected chi connectivity index (χ1v) is 11.3. The van der Waals surface area contributed by atoms with Crippen molar-refractivity contribution >= 4 is 35.2 Å². The Morgan fingerprint density at radius 3 is 2.51 bits per heavy atom. The van der Waals surface area contributed by atoms with Crippen LogP contribution in [0.2, 0.25) is 0 Å². The van der Waals surface area contributed by atoms with E-state index in [-0.39, 0.29) is 12.2 Å². The lowest BCUT2D eigenvalue weighted by molar-refractivity contribution is -0.118. The summed E-state index contributed by atoms with van der Waals surface area (Å²) in [6, 6.07) is 17.5. The molecular formula is C28H24FN3O5. The third kappa shape index (κ3) is 5.84. The van der Waals surface area contributed by atoms with Crippen LogP contribution in [0, 0.1) is 5.82 Å².